The molecule has 3 amide bonds. The summed E-state index contributed by atoms with van der Waals surface area (Å²) in [4.78, 5) is 40.4. The van der Waals surface area contributed by atoms with Gasteiger partial charge in [-0.25, -0.2) is 4.79 Å². The zero-order valence-corrected chi connectivity index (χ0v) is 13.9. The highest BCUT2D eigenvalue weighted by Gasteiger charge is 2.49. The maximum absolute atomic E-state index is 12.8. The first-order valence-electron chi connectivity index (χ1n) is 7.30. The molecule has 0 spiro atoms. The van der Waals surface area contributed by atoms with Gasteiger partial charge in [-0.3, -0.25) is 24.8 Å². The second-order valence-corrected chi connectivity index (χ2v) is 6.14. The van der Waals surface area contributed by atoms with Crippen molar-refractivity contribution in [3.05, 3.63) is 69.0 Å². The molecule has 3 rings (SSSR count). The molecule has 128 valence electrons. The van der Waals surface area contributed by atoms with Gasteiger partial charge in [0.2, 0.25) is 0 Å². The molecule has 0 bridgehead atoms. The number of benzene rings is 1. The standard InChI is InChI=1S/C16H13ClN4O4/c1-16(11-3-2-6-18-8-11)14(22)20(15(23)19-16)9-10-4-5-12(17)13(7-10)21(24)25/h2-8H,9H2,1H3,(H,19,23)/t16-/m0/s1. The molecular weight excluding hydrogens is 348 g/mol. The Labute approximate surface area is 147 Å². The fourth-order valence-electron chi connectivity index (χ4n) is 2.67. The zero-order chi connectivity index (χ0) is 18.2. The average molecular weight is 361 g/mol. The number of nitrogens with one attached hydrogen (secondary N) is 1. The van der Waals surface area contributed by atoms with Gasteiger partial charge in [0.05, 0.1) is 11.5 Å². The van der Waals surface area contributed by atoms with Gasteiger partial charge in [-0.1, -0.05) is 23.7 Å². The number of nitrogens with zero attached hydrogens (tertiary/aromatic N) is 3. The van der Waals surface area contributed by atoms with E-state index in [1.165, 1.54) is 24.4 Å². The second kappa shape index (κ2) is 6.14. The van der Waals surface area contributed by atoms with Gasteiger partial charge < -0.3 is 5.32 Å². The van der Waals surface area contributed by atoms with E-state index in [0.717, 1.165) is 4.90 Å². The molecule has 1 fully saturated rings. The van der Waals surface area contributed by atoms with Crippen LogP contribution in [0.25, 0.3) is 0 Å². The summed E-state index contributed by atoms with van der Waals surface area (Å²) < 4.78 is 0. The van der Waals surface area contributed by atoms with Gasteiger partial charge in [-0.05, 0) is 24.6 Å². The lowest BCUT2D eigenvalue weighted by Gasteiger charge is -2.21. The highest BCUT2D eigenvalue weighted by Crippen LogP contribution is 2.31. The minimum absolute atomic E-state index is 0.00820. The molecule has 1 saturated heterocycles. The Morgan fingerprint density at radius 3 is 2.76 bits per heavy atom. The summed E-state index contributed by atoms with van der Waals surface area (Å²) in [5, 5.41) is 13.6. The summed E-state index contributed by atoms with van der Waals surface area (Å²) in [7, 11) is 0. The summed E-state index contributed by atoms with van der Waals surface area (Å²) in [6.07, 6.45) is 3.08. The van der Waals surface area contributed by atoms with Crippen LogP contribution in [0.3, 0.4) is 0 Å². The van der Waals surface area contributed by atoms with E-state index in [1.807, 2.05) is 0 Å². The molecule has 1 N–H and O–H groups in total. The van der Waals surface area contributed by atoms with Crippen LogP contribution in [-0.2, 0) is 16.9 Å². The smallest absolute Gasteiger partial charge is 0.319 e. The van der Waals surface area contributed by atoms with Crippen LogP contribution in [0.1, 0.15) is 18.1 Å². The van der Waals surface area contributed by atoms with Gasteiger partial charge in [0, 0.05) is 24.0 Å². The van der Waals surface area contributed by atoms with Gasteiger partial charge in [-0.2, -0.15) is 0 Å². The molecule has 0 radical (unpaired) electrons. The summed E-state index contributed by atoms with van der Waals surface area (Å²) >= 11 is 5.78. The fourth-order valence-corrected chi connectivity index (χ4v) is 2.86. The normalized spacial score (nSPS) is 19.8. The Hall–Kier alpha value is -3.00. The SMILES string of the molecule is C[C@@]1(c2cccnc2)NC(=O)N(Cc2ccc(Cl)c([N+](=O)[O-])c2)C1=O. The number of aromatic nitrogens is 1. The number of urea groups is 1. The number of hydrogen-bond donors (Lipinski definition) is 1. The Balaban J connectivity index is 1.89. The Bertz CT molecular complexity index is 874. The van der Waals surface area contributed by atoms with Crippen LogP contribution < -0.4 is 5.32 Å². The van der Waals surface area contributed by atoms with Crippen molar-refractivity contribution in [1.82, 2.24) is 15.2 Å². The second-order valence-electron chi connectivity index (χ2n) is 5.73. The number of halogens is 1. The van der Waals surface area contributed by atoms with Crippen molar-refractivity contribution >= 4 is 29.2 Å². The van der Waals surface area contributed by atoms with Gasteiger partial charge in [0.25, 0.3) is 11.6 Å². The lowest BCUT2D eigenvalue weighted by molar-refractivity contribution is -0.384. The van der Waals surface area contributed by atoms with Crippen LogP contribution in [0.15, 0.2) is 42.7 Å². The van der Waals surface area contributed by atoms with E-state index in [-0.39, 0.29) is 17.3 Å². The van der Waals surface area contributed by atoms with Crippen LogP contribution in [-0.4, -0.2) is 26.7 Å². The molecule has 1 atom stereocenters. The van der Waals surface area contributed by atoms with Gasteiger partial charge in [0.1, 0.15) is 10.6 Å². The molecule has 8 nitrogen and oxygen atoms in total. The number of nitro groups is 1. The number of carbonyl (C=O) groups excluding carboxylic acids is 2. The molecule has 2 aromatic rings. The largest absolute Gasteiger partial charge is 0.325 e. The lowest BCUT2D eigenvalue weighted by Crippen LogP contribution is -2.40. The lowest BCUT2D eigenvalue weighted by atomic mass is 9.93. The first-order chi connectivity index (χ1) is 11.8. The highest BCUT2D eigenvalue weighted by atomic mass is 35.5. The molecule has 1 aliphatic rings. The fraction of sp³-hybridized carbons (Fsp3) is 0.188. The van der Waals surface area contributed by atoms with Crippen molar-refractivity contribution < 1.29 is 14.5 Å². The topological polar surface area (TPSA) is 105 Å². The quantitative estimate of drug-likeness (QED) is 0.512. The minimum atomic E-state index is -1.23. The van der Waals surface area contributed by atoms with E-state index >= 15 is 0 Å². The molecule has 1 aromatic carbocycles. The van der Waals surface area contributed by atoms with Crippen LogP contribution in [0.5, 0.6) is 0 Å². The van der Waals surface area contributed by atoms with Crippen molar-refractivity contribution in [2.24, 2.45) is 0 Å². The summed E-state index contributed by atoms with van der Waals surface area (Å²) in [5.74, 6) is -0.455. The molecule has 0 unspecified atom stereocenters. The molecule has 0 aliphatic carbocycles. The zero-order valence-electron chi connectivity index (χ0n) is 13.1. The number of carbonyl (C=O) groups is 2. The van der Waals surface area contributed by atoms with Crippen LogP contribution in [0, 0.1) is 10.1 Å². The molecule has 25 heavy (non-hydrogen) atoms. The average Bonchev–Trinajstić information content (AvgIpc) is 2.81. The van der Waals surface area contributed by atoms with Gasteiger partial charge in [0.15, 0.2) is 0 Å². The van der Waals surface area contributed by atoms with Crippen LogP contribution in [0.4, 0.5) is 10.5 Å². The Morgan fingerprint density at radius 1 is 1.36 bits per heavy atom. The van der Waals surface area contributed by atoms with Crippen molar-refractivity contribution in [2.45, 2.75) is 19.0 Å². The first kappa shape index (κ1) is 16.8. The van der Waals surface area contributed by atoms with Crippen LogP contribution >= 0.6 is 11.6 Å². The Kier molecular flexibility index (Phi) is 4.13. The van der Waals surface area contributed by atoms with Crippen molar-refractivity contribution in [3.8, 4) is 0 Å². The third-order valence-corrected chi connectivity index (χ3v) is 4.38. The van der Waals surface area contributed by atoms with Gasteiger partial charge >= 0.3 is 6.03 Å². The maximum atomic E-state index is 12.8. The molecule has 9 heteroatoms. The number of nitro benzene ring substituents is 1. The molecule has 1 aromatic heterocycles. The predicted molar refractivity (Wildman–Crippen MR) is 88.8 cm³/mol. The molecule has 0 saturated carbocycles. The molecular formula is C16H13ClN4O4. The van der Waals surface area contributed by atoms with Crippen LogP contribution in [0.2, 0.25) is 5.02 Å². The van der Waals surface area contributed by atoms with E-state index < -0.39 is 22.4 Å². The summed E-state index contributed by atoms with van der Waals surface area (Å²) in [5.41, 5.74) is -0.529. The maximum Gasteiger partial charge on any atom is 0.325 e. The van der Waals surface area contributed by atoms with Crippen molar-refractivity contribution in [3.63, 3.8) is 0 Å². The number of imide groups is 1. The number of pyridine rings is 1. The number of amides is 3. The Morgan fingerprint density at radius 2 is 2.12 bits per heavy atom. The summed E-state index contributed by atoms with van der Waals surface area (Å²) in [6, 6.07) is 6.95. The number of hydrogen-bond acceptors (Lipinski definition) is 5. The minimum Gasteiger partial charge on any atom is -0.319 e. The molecule has 1 aliphatic heterocycles. The highest BCUT2D eigenvalue weighted by molar-refractivity contribution is 6.32. The third kappa shape index (κ3) is 2.91. The third-order valence-electron chi connectivity index (χ3n) is 4.06. The van der Waals surface area contributed by atoms with E-state index in [9.17, 15) is 19.7 Å². The predicted octanol–water partition coefficient (Wildman–Crippen LogP) is 2.61. The van der Waals surface area contributed by atoms with E-state index in [1.54, 1.807) is 25.3 Å². The van der Waals surface area contributed by atoms with E-state index in [2.05, 4.69) is 10.3 Å². The van der Waals surface area contributed by atoms with E-state index in [4.69, 9.17) is 11.6 Å². The van der Waals surface area contributed by atoms with Crippen molar-refractivity contribution in [2.75, 3.05) is 0 Å². The summed E-state index contributed by atoms with van der Waals surface area (Å²) in [6.45, 7) is 1.49. The first-order valence-corrected chi connectivity index (χ1v) is 7.68. The monoisotopic (exact) mass is 360 g/mol. The molecule has 2 heterocycles. The number of rotatable bonds is 4. The van der Waals surface area contributed by atoms with Gasteiger partial charge in [-0.15, -0.1) is 0 Å². The van der Waals surface area contributed by atoms with Crippen molar-refractivity contribution in [1.29, 1.82) is 0 Å². The van der Waals surface area contributed by atoms with E-state index in [0.29, 0.717) is 11.1 Å².